The van der Waals surface area contributed by atoms with Crippen LogP contribution in [0.4, 0.5) is 21.5 Å². The summed E-state index contributed by atoms with van der Waals surface area (Å²) < 4.78 is 13.8. The first-order chi connectivity index (χ1) is 12.9. The maximum atomic E-state index is 13.8. The molecule has 1 amide bonds. The quantitative estimate of drug-likeness (QED) is 0.377. The fourth-order valence-corrected chi connectivity index (χ4v) is 3.18. The molecule has 0 fully saturated rings. The van der Waals surface area contributed by atoms with Crippen molar-refractivity contribution in [3.05, 3.63) is 88.2 Å². The van der Waals surface area contributed by atoms with E-state index in [1.54, 1.807) is 30.3 Å². The summed E-state index contributed by atoms with van der Waals surface area (Å²) in [6.07, 6.45) is 0. The third kappa shape index (κ3) is 4.62. The van der Waals surface area contributed by atoms with Crippen LogP contribution in [0.3, 0.4) is 0 Å². The maximum Gasteiger partial charge on any atom is 0.269 e. The number of nitrogen functional groups attached to an aromatic ring is 1. The van der Waals surface area contributed by atoms with Crippen LogP contribution in [0.1, 0.15) is 10.4 Å². The predicted molar refractivity (Wildman–Crippen MR) is 102 cm³/mol. The average Bonchev–Trinajstić information content (AvgIpc) is 2.64. The monoisotopic (exact) mass is 383 g/mol. The van der Waals surface area contributed by atoms with E-state index in [1.807, 2.05) is 6.07 Å². The van der Waals surface area contributed by atoms with Gasteiger partial charge in [-0.05, 0) is 48.5 Å². The molecule has 0 aliphatic carbocycles. The topological polar surface area (TPSA) is 98.3 Å². The Morgan fingerprint density at radius 1 is 1.04 bits per heavy atom. The van der Waals surface area contributed by atoms with Crippen LogP contribution >= 0.6 is 11.8 Å². The Balaban J connectivity index is 1.74. The number of nitrogens with one attached hydrogen (secondary N) is 1. The summed E-state index contributed by atoms with van der Waals surface area (Å²) in [5, 5.41) is 13.2. The van der Waals surface area contributed by atoms with E-state index in [0.717, 1.165) is 15.9 Å². The standard InChI is InChI=1S/C19H14FN3O3S/c20-17-11-13(21)4-9-18(17)22-19(24)12-2-1-3-16(10-12)27-15-7-5-14(6-8-15)23(25)26/h1-11H,21H2,(H,22,24). The van der Waals surface area contributed by atoms with E-state index < -0.39 is 16.6 Å². The molecule has 6 nitrogen and oxygen atoms in total. The number of amides is 1. The highest BCUT2D eigenvalue weighted by molar-refractivity contribution is 7.99. The number of rotatable bonds is 5. The molecule has 3 N–H and O–H groups in total. The summed E-state index contributed by atoms with van der Waals surface area (Å²) in [5.41, 5.74) is 6.18. The molecule has 0 aromatic heterocycles. The zero-order valence-electron chi connectivity index (χ0n) is 13.9. The van der Waals surface area contributed by atoms with E-state index in [1.165, 1.54) is 36.0 Å². The normalized spacial score (nSPS) is 10.4. The third-order valence-corrected chi connectivity index (χ3v) is 4.62. The van der Waals surface area contributed by atoms with Crippen LogP contribution in [0.2, 0.25) is 0 Å². The largest absolute Gasteiger partial charge is 0.399 e. The Kier molecular flexibility index (Phi) is 5.37. The van der Waals surface area contributed by atoms with Gasteiger partial charge >= 0.3 is 0 Å². The maximum absolute atomic E-state index is 13.8. The molecule has 0 saturated heterocycles. The number of nitrogens with zero attached hydrogens (tertiary/aromatic N) is 1. The van der Waals surface area contributed by atoms with Gasteiger partial charge in [0, 0.05) is 33.2 Å². The lowest BCUT2D eigenvalue weighted by molar-refractivity contribution is -0.384. The van der Waals surface area contributed by atoms with E-state index in [9.17, 15) is 19.3 Å². The predicted octanol–water partition coefficient (Wildman–Crippen LogP) is 4.72. The van der Waals surface area contributed by atoms with Crippen LogP contribution in [-0.4, -0.2) is 10.8 Å². The van der Waals surface area contributed by atoms with Gasteiger partial charge in [0.15, 0.2) is 0 Å². The highest BCUT2D eigenvalue weighted by atomic mass is 32.2. The van der Waals surface area contributed by atoms with Crippen molar-refractivity contribution in [2.24, 2.45) is 0 Å². The first-order valence-corrected chi connectivity index (χ1v) is 8.63. The minimum absolute atomic E-state index is 0.0120. The highest BCUT2D eigenvalue weighted by Crippen LogP contribution is 2.29. The van der Waals surface area contributed by atoms with Gasteiger partial charge in [-0.15, -0.1) is 0 Å². The molecule has 0 spiro atoms. The van der Waals surface area contributed by atoms with Crippen LogP contribution < -0.4 is 11.1 Å². The number of halogens is 1. The van der Waals surface area contributed by atoms with Gasteiger partial charge in [0.05, 0.1) is 10.6 Å². The van der Waals surface area contributed by atoms with Crippen molar-refractivity contribution in [2.75, 3.05) is 11.1 Å². The number of carbonyl (C=O) groups excluding carboxylic acids is 1. The van der Waals surface area contributed by atoms with Gasteiger partial charge in [0.1, 0.15) is 5.82 Å². The van der Waals surface area contributed by atoms with E-state index in [4.69, 9.17) is 5.73 Å². The van der Waals surface area contributed by atoms with Crippen molar-refractivity contribution < 1.29 is 14.1 Å². The molecular weight excluding hydrogens is 369 g/mol. The minimum atomic E-state index is -0.611. The Bertz CT molecular complexity index is 1010. The smallest absolute Gasteiger partial charge is 0.269 e. The third-order valence-electron chi connectivity index (χ3n) is 3.62. The van der Waals surface area contributed by atoms with Crippen LogP contribution in [0.5, 0.6) is 0 Å². The Morgan fingerprint density at radius 2 is 1.78 bits per heavy atom. The number of nitro groups is 1. The Labute approximate surface area is 158 Å². The molecule has 0 bridgehead atoms. The molecule has 3 rings (SSSR count). The number of anilines is 2. The fourth-order valence-electron chi connectivity index (χ4n) is 2.30. The lowest BCUT2D eigenvalue weighted by Gasteiger charge is -2.08. The van der Waals surface area contributed by atoms with Crippen molar-refractivity contribution in [2.45, 2.75) is 9.79 Å². The molecule has 0 saturated carbocycles. The summed E-state index contributed by atoms with van der Waals surface area (Å²) in [4.78, 5) is 24.2. The van der Waals surface area contributed by atoms with Crippen molar-refractivity contribution in [1.29, 1.82) is 0 Å². The molecule has 136 valence electrons. The summed E-state index contributed by atoms with van der Waals surface area (Å²) in [6, 6.07) is 17.0. The summed E-state index contributed by atoms with van der Waals surface area (Å²) in [7, 11) is 0. The number of non-ortho nitro benzene ring substituents is 1. The van der Waals surface area contributed by atoms with Gasteiger partial charge in [-0.3, -0.25) is 14.9 Å². The minimum Gasteiger partial charge on any atom is -0.399 e. The van der Waals surface area contributed by atoms with Gasteiger partial charge in [-0.1, -0.05) is 17.8 Å². The van der Waals surface area contributed by atoms with E-state index in [0.29, 0.717) is 5.56 Å². The van der Waals surface area contributed by atoms with Crippen molar-refractivity contribution >= 4 is 34.7 Å². The molecule has 0 atom stereocenters. The summed E-state index contributed by atoms with van der Waals surface area (Å²) in [5.74, 6) is -1.07. The van der Waals surface area contributed by atoms with Gasteiger partial charge in [0.25, 0.3) is 11.6 Å². The zero-order valence-corrected chi connectivity index (χ0v) is 14.7. The summed E-state index contributed by atoms with van der Waals surface area (Å²) in [6.45, 7) is 0. The molecule has 3 aromatic carbocycles. The zero-order chi connectivity index (χ0) is 19.4. The van der Waals surface area contributed by atoms with E-state index >= 15 is 0 Å². The summed E-state index contributed by atoms with van der Waals surface area (Å²) >= 11 is 1.36. The number of carbonyl (C=O) groups is 1. The molecule has 0 aliphatic rings. The molecule has 3 aromatic rings. The molecule has 27 heavy (non-hydrogen) atoms. The van der Waals surface area contributed by atoms with Crippen molar-refractivity contribution in [3.63, 3.8) is 0 Å². The lowest BCUT2D eigenvalue weighted by Crippen LogP contribution is -2.13. The fraction of sp³-hybridized carbons (Fsp3) is 0. The number of benzene rings is 3. The van der Waals surface area contributed by atoms with Gasteiger partial charge < -0.3 is 11.1 Å². The van der Waals surface area contributed by atoms with Crippen LogP contribution in [0, 0.1) is 15.9 Å². The van der Waals surface area contributed by atoms with Crippen LogP contribution in [0.25, 0.3) is 0 Å². The highest BCUT2D eigenvalue weighted by Gasteiger charge is 2.11. The first-order valence-electron chi connectivity index (χ1n) is 7.81. The average molecular weight is 383 g/mol. The van der Waals surface area contributed by atoms with Crippen LogP contribution in [0.15, 0.2) is 76.5 Å². The SMILES string of the molecule is Nc1ccc(NC(=O)c2cccc(Sc3ccc([N+](=O)[O-])cc3)c2)c(F)c1. The lowest BCUT2D eigenvalue weighted by atomic mass is 10.2. The van der Waals surface area contributed by atoms with E-state index in [-0.39, 0.29) is 17.1 Å². The van der Waals surface area contributed by atoms with Crippen molar-refractivity contribution in [1.82, 2.24) is 0 Å². The number of hydrogen-bond donors (Lipinski definition) is 2. The van der Waals surface area contributed by atoms with Crippen LogP contribution in [-0.2, 0) is 0 Å². The molecule has 0 unspecified atom stereocenters. The second-order valence-corrected chi connectivity index (χ2v) is 6.72. The molecule has 0 radical (unpaired) electrons. The van der Waals surface area contributed by atoms with Crippen molar-refractivity contribution in [3.8, 4) is 0 Å². The molecule has 0 heterocycles. The van der Waals surface area contributed by atoms with E-state index in [2.05, 4.69) is 5.32 Å². The number of hydrogen-bond acceptors (Lipinski definition) is 5. The molecule has 0 aliphatic heterocycles. The van der Waals surface area contributed by atoms with Gasteiger partial charge in [-0.2, -0.15) is 0 Å². The molecular formula is C19H14FN3O3S. The number of nitro benzene ring substituents is 1. The first kappa shape index (κ1) is 18.4. The van der Waals surface area contributed by atoms with Gasteiger partial charge in [-0.25, -0.2) is 4.39 Å². The van der Waals surface area contributed by atoms with Gasteiger partial charge in [0.2, 0.25) is 0 Å². The Morgan fingerprint density at radius 3 is 2.44 bits per heavy atom. The number of nitrogens with two attached hydrogens (primary N) is 1. The second-order valence-electron chi connectivity index (χ2n) is 5.57. The Hall–Kier alpha value is -3.39. The molecule has 8 heteroatoms. The second kappa shape index (κ2) is 7.88.